The van der Waals surface area contributed by atoms with Gasteiger partial charge in [-0.2, -0.15) is 0 Å². The number of halogens is 2. The summed E-state index contributed by atoms with van der Waals surface area (Å²) >= 11 is 0. The molecule has 2 rings (SSSR count). The van der Waals surface area contributed by atoms with Crippen LogP contribution in [0, 0.1) is 11.6 Å². The number of carbonyl (C=O) groups is 1. The molecule has 7 heteroatoms. The van der Waals surface area contributed by atoms with E-state index in [9.17, 15) is 13.6 Å². The van der Waals surface area contributed by atoms with E-state index in [0.717, 1.165) is 12.1 Å². The highest BCUT2D eigenvalue weighted by molar-refractivity contribution is 5.94. The molecule has 0 radical (unpaired) electrons. The SMILES string of the molecule is Nc1c(F)cc(C(=O)NCc2ncc[nH]2)cc1F. The summed E-state index contributed by atoms with van der Waals surface area (Å²) < 4.78 is 26.3. The van der Waals surface area contributed by atoms with Crippen molar-refractivity contribution in [1.82, 2.24) is 15.3 Å². The molecule has 0 saturated heterocycles. The predicted octanol–water partition coefficient (Wildman–Crippen LogP) is 1.20. The van der Waals surface area contributed by atoms with Crippen molar-refractivity contribution in [3.63, 3.8) is 0 Å². The zero-order chi connectivity index (χ0) is 13.1. The van der Waals surface area contributed by atoms with Crippen LogP contribution in [0.2, 0.25) is 0 Å². The van der Waals surface area contributed by atoms with E-state index in [4.69, 9.17) is 5.73 Å². The standard InChI is InChI=1S/C11H10F2N4O/c12-7-3-6(4-8(13)10(7)14)11(18)17-5-9-15-1-2-16-9/h1-4H,5,14H2,(H,15,16)(H,17,18). The van der Waals surface area contributed by atoms with Gasteiger partial charge in [-0.05, 0) is 12.1 Å². The van der Waals surface area contributed by atoms with Crippen LogP contribution in [0.1, 0.15) is 16.2 Å². The van der Waals surface area contributed by atoms with E-state index in [-0.39, 0.29) is 12.1 Å². The minimum Gasteiger partial charge on any atom is -0.394 e. The van der Waals surface area contributed by atoms with Crippen LogP contribution in [-0.2, 0) is 6.54 Å². The molecule has 0 aliphatic rings. The molecule has 18 heavy (non-hydrogen) atoms. The maximum atomic E-state index is 13.2. The van der Waals surface area contributed by atoms with Gasteiger partial charge in [-0.25, -0.2) is 13.8 Å². The van der Waals surface area contributed by atoms with Crippen molar-refractivity contribution in [2.24, 2.45) is 0 Å². The number of nitrogens with one attached hydrogen (secondary N) is 2. The molecule has 0 aliphatic heterocycles. The zero-order valence-corrected chi connectivity index (χ0v) is 9.21. The summed E-state index contributed by atoms with van der Waals surface area (Å²) in [5, 5.41) is 2.47. The monoisotopic (exact) mass is 252 g/mol. The lowest BCUT2D eigenvalue weighted by Gasteiger charge is -2.05. The van der Waals surface area contributed by atoms with Gasteiger partial charge in [0.05, 0.1) is 6.54 Å². The second-order valence-corrected chi connectivity index (χ2v) is 3.57. The van der Waals surface area contributed by atoms with Crippen molar-refractivity contribution in [3.8, 4) is 0 Å². The first kappa shape index (κ1) is 12.0. The van der Waals surface area contributed by atoms with Crippen LogP contribution in [0.4, 0.5) is 14.5 Å². The molecule has 1 heterocycles. The maximum absolute atomic E-state index is 13.2. The second kappa shape index (κ2) is 4.82. The van der Waals surface area contributed by atoms with Crippen molar-refractivity contribution in [1.29, 1.82) is 0 Å². The molecule has 1 aromatic carbocycles. The third-order valence-corrected chi connectivity index (χ3v) is 2.31. The molecule has 5 nitrogen and oxygen atoms in total. The molecule has 0 unspecified atom stereocenters. The van der Waals surface area contributed by atoms with Gasteiger partial charge in [0.15, 0.2) is 0 Å². The molecule has 1 aromatic heterocycles. The number of aromatic nitrogens is 2. The fourth-order valence-electron chi connectivity index (χ4n) is 1.38. The largest absolute Gasteiger partial charge is 0.394 e. The van der Waals surface area contributed by atoms with Gasteiger partial charge in [-0.3, -0.25) is 4.79 Å². The fourth-order valence-corrected chi connectivity index (χ4v) is 1.38. The summed E-state index contributed by atoms with van der Waals surface area (Å²) in [5.74, 6) is -1.99. The number of rotatable bonds is 3. The van der Waals surface area contributed by atoms with Gasteiger partial charge in [0, 0.05) is 18.0 Å². The summed E-state index contributed by atoms with van der Waals surface area (Å²) in [5.41, 5.74) is 4.37. The quantitative estimate of drug-likeness (QED) is 0.718. The number of nitrogens with two attached hydrogens (primary N) is 1. The Bertz CT molecular complexity index is 545. The van der Waals surface area contributed by atoms with Crippen LogP contribution in [0.15, 0.2) is 24.5 Å². The number of benzene rings is 1. The molecular formula is C11H10F2N4O. The number of carbonyl (C=O) groups excluding carboxylic acids is 1. The smallest absolute Gasteiger partial charge is 0.251 e. The molecule has 0 aliphatic carbocycles. The first-order valence-corrected chi connectivity index (χ1v) is 5.09. The number of nitrogen functional groups attached to an aromatic ring is 1. The molecule has 94 valence electrons. The van der Waals surface area contributed by atoms with Crippen LogP contribution >= 0.6 is 0 Å². The number of aromatic amines is 1. The summed E-state index contributed by atoms with van der Waals surface area (Å²) in [6.45, 7) is 0.138. The lowest BCUT2D eigenvalue weighted by atomic mass is 10.1. The molecule has 0 saturated carbocycles. The van der Waals surface area contributed by atoms with Gasteiger partial charge < -0.3 is 16.0 Å². The van der Waals surface area contributed by atoms with Crippen LogP contribution in [-0.4, -0.2) is 15.9 Å². The summed E-state index contributed by atoms with van der Waals surface area (Å²) in [4.78, 5) is 18.3. The van der Waals surface area contributed by atoms with Crippen LogP contribution in [0.3, 0.4) is 0 Å². The summed E-state index contributed by atoms with van der Waals surface area (Å²) in [6, 6.07) is 1.77. The number of nitrogens with zero attached hydrogens (tertiary/aromatic N) is 1. The Morgan fingerprint density at radius 3 is 2.61 bits per heavy atom. The number of hydrogen-bond acceptors (Lipinski definition) is 3. The Morgan fingerprint density at radius 1 is 1.39 bits per heavy atom. The molecule has 2 aromatic rings. The van der Waals surface area contributed by atoms with Crippen molar-refractivity contribution in [3.05, 3.63) is 47.5 Å². The molecule has 0 fully saturated rings. The van der Waals surface area contributed by atoms with Gasteiger partial charge in [-0.1, -0.05) is 0 Å². The van der Waals surface area contributed by atoms with E-state index in [2.05, 4.69) is 15.3 Å². The van der Waals surface area contributed by atoms with Gasteiger partial charge in [0.2, 0.25) is 0 Å². The molecule has 0 spiro atoms. The molecule has 0 atom stereocenters. The topological polar surface area (TPSA) is 83.8 Å². The van der Waals surface area contributed by atoms with E-state index in [1.807, 2.05) is 0 Å². The molecule has 0 bridgehead atoms. The molecule has 1 amide bonds. The van der Waals surface area contributed by atoms with Crippen LogP contribution in [0.25, 0.3) is 0 Å². The second-order valence-electron chi connectivity index (χ2n) is 3.57. The van der Waals surface area contributed by atoms with Gasteiger partial charge >= 0.3 is 0 Å². The normalized spacial score (nSPS) is 10.3. The van der Waals surface area contributed by atoms with E-state index < -0.39 is 23.2 Å². The minimum absolute atomic E-state index is 0.134. The third kappa shape index (κ3) is 2.45. The van der Waals surface area contributed by atoms with E-state index in [0.29, 0.717) is 5.82 Å². The highest BCUT2D eigenvalue weighted by Gasteiger charge is 2.13. The number of imidazole rings is 1. The Hall–Kier alpha value is -2.44. The number of anilines is 1. The van der Waals surface area contributed by atoms with E-state index >= 15 is 0 Å². The highest BCUT2D eigenvalue weighted by atomic mass is 19.1. The van der Waals surface area contributed by atoms with E-state index in [1.54, 1.807) is 6.20 Å². The zero-order valence-electron chi connectivity index (χ0n) is 9.21. The molecule has 4 N–H and O–H groups in total. The molecular weight excluding hydrogens is 242 g/mol. The predicted molar refractivity (Wildman–Crippen MR) is 60.5 cm³/mol. The Morgan fingerprint density at radius 2 is 2.06 bits per heavy atom. The lowest BCUT2D eigenvalue weighted by Crippen LogP contribution is -2.23. The third-order valence-electron chi connectivity index (χ3n) is 2.31. The van der Waals surface area contributed by atoms with Gasteiger partial charge in [0.1, 0.15) is 23.1 Å². The van der Waals surface area contributed by atoms with Crippen LogP contribution in [0.5, 0.6) is 0 Å². The van der Waals surface area contributed by atoms with Crippen molar-refractivity contribution >= 4 is 11.6 Å². The van der Waals surface area contributed by atoms with Gasteiger partial charge in [-0.15, -0.1) is 0 Å². The maximum Gasteiger partial charge on any atom is 0.251 e. The van der Waals surface area contributed by atoms with Gasteiger partial charge in [0.25, 0.3) is 5.91 Å². The Labute approximate surface area is 101 Å². The highest BCUT2D eigenvalue weighted by Crippen LogP contribution is 2.17. The summed E-state index contributed by atoms with van der Waals surface area (Å²) in [7, 11) is 0. The first-order valence-electron chi connectivity index (χ1n) is 5.09. The average Bonchev–Trinajstić information content (AvgIpc) is 2.85. The fraction of sp³-hybridized carbons (Fsp3) is 0.0909. The Balaban J connectivity index is 2.09. The van der Waals surface area contributed by atoms with E-state index in [1.165, 1.54) is 6.20 Å². The van der Waals surface area contributed by atoms with Crippen molar-refractivity contribution < 1.29 is 13.6 Å². The minimum atomic E-state index is -0.960. The summed E-state index contributed by atoms with van der Waals surface area (Å²) in [6.07, 6.45) is 3.13. The number of amides is 1. The number of hydrogen-bond donors (Lipinski definition) is 3. The lowest BCUT2D eigenvalue weighted by molar-refractivity contribution is 0.0949. The van der Waals surface area contributed by atoms with Crippen molar-refractivity contribution in [2.45, 2.75) is 6.54 Å². The van der Waals surface area contributed by atoms with Crippen molar-refractivity contribution in [2.75, 3.05) is 5.73 Å². The Kier molecular flexibility index (Phi) is 3.22. The van der Waals surface area contributed by atoms with Crippen LogP contribution < -0.4 is 11.1 Å². The first-order chi connectivity index (χ1) is 8.58. The number of H-pyrrole nitrogens is 1. The average molecular weight is 252 g/mol.